The number of halogens is 1. The van der Waals surface area contributed by atoms with Crippen LogP contribution < -0.4 is 5.32 Å². The van der Waals surface area contributed by atoms with Crippen LogP contribution in [0.4, 0.5) is 5.13 Å². The van der Waals surface area contributed by atoms with Gasteiger partial charge in [0.05, 0.1) is 0 Å². The van der Waals surface area contributed by atoms with Gasteiger partial charge in [-0.15, -0.1) is 0 Å². The molecule has 0 spiro atoms. The van der Waals surface area contributed by atoms with Crippen LogP contribution in [0.1, 0.15) is 24.7 Å². The van der Waals surface area contributed by atoms with Gasteiger partial charge in [0.1, 0.15) is 5.82 Å². The molecule has 5 heteroatoms. The molecule has 3 nitrogen and oxygen atoms in total. The molecule has 17 heavy (non-hydrogen) atoms. The summed E-state index contributed by atoms with van der Waals surface area (Å²) in [6.07, 6.45) is 2.04. The number of hydrogen-bond acceptors (Lipinski definition) is 4. The SMILES string of the molecule is CCCc1nsc(NCc2ccc(Br)cc2)n1. The van der Waals surface area contributed by atoms with Crippen molar-refractivity contribution in [3.63, 3.8) is 0 Å². The standard InChI is InChI=1S/C12H14BrN3S/c1-2-3-11-15-12(17-16-11)14-8-9-4-6-10(13)7-5-9/h4-7H,2-3,8H2,1H3,(H,14,15,16). The van der Waals surface area contributed by atoms with E-state index in [2.05, 4.69) is 49.7 Å². The highest BCUT2D eigenvalue weighted by Crippen LogP contribution is 2.15. The van der Waals surface area contributed by atoms with Crippen molar-refractivity contribution < 1.29 is 0 Å². The Kier molecular flexibility index (Phi) is 4.50. The number of aromatic nitrogens is 2. The van der Waals surface area contributed by atoms with Crippen LogP contribution >= 0.6 is 27.5 Å². The predicted molar refractivity (Wildman–Crippen MR) is 75.4 cm³/mol. The maximum Gasteiger partial charge on any atom is 0.202 e. The van der Waals surface area contributed by atoms with E-state index in [1.807, 2.05) is 12.1 Å². The quantitative estimate of drug-likeness (QED) is 0.911. The van der Waals surface area contributed by atoms with Crippen molar-refractivity contribution >= 4 is 32.6 Å². The van der Waals surface area contributed by atoms with Crippen LogP contribution in [-0.2, 0) is 13.0 Å². The van der Waals surface area contributed by atoms with E-state index >= 15 is 0 Å². The van der Waals surface area contributed by atoms with Crippen LogP contribution in [0, 0.1) is 0 Å². The number of aryl methyl sites for hydroxylation is 1. The second-order valence-electron chi connectivity index (χ2n) is 3.75. The first-order chi connectivity index (χ1) is 8.28. The Hall–Kier alpha value is -0.940. The Balaban J connectivity index is 1.90. The van der Waals surface area contributed by atoms with Gasteiger partial charge in [0.25, 0.3) is 0 Å². The molecule has 1 heterocycles. The number of nitrogens with zero attached hydrogens (tertiary/aromatic N) is 2. The van der Waals surface area contributed by atoms with Crippen molar-refractivity contribution in [3.05, 3.63) is 40.1 Å². The molecule has 0 aliphatic rings. The number of nitrogens with one attached hydrogen (secondary N) is 1. The fourth-order valence-corrected chi connectivity index (χ4v) is 2.30. The fraction of sp³-hybridized carbons (Fsp3) is 0.333. The van der Waals surface area contributed by atoms with Gasteiger partial charge in [-0.05, 0) is 24.1 Å². The van der Waals surface area contributed by atoms with E-state index in [4.69, 9.17) is 0 Å². The minimum absolute atomic E-state index is 0.786. The zero-order chi connectivity index (χ0) is 12.1. The zero-order valence-electron chi connectivity index (χ0n) is 9.61. The summed E-state index contributed by atoms with van der Waals surface area (Å²) in [6, 6.07) is 8.26. The first kappa shape index (κ1) is 12.5. The Labute approximate surface area is 114 Å². The number of benzene rings is 1. The van der Waals surface area contributed by atoms with Gasteiger partial charge < -0.3 is 5.32 Å². The van der Waals surface area contributed by atoms with Crippen LogP contribution in [0.15, 0.2) is 28.7 Å². The fourth-order valence-electron chi connectivity index (χ4n) is 1.43. The molecule has 0 unspecified atom stereocenters. The molecule has 1 aromatic carbocycles. The average molecular weight is 312 g/mol. The van der Waals surface area contributed by atoms with E-state index in [1.54, 1.807) is 0 Å². The van der Waals surface area contributed by atoms with Crippen molar-refractivity contribution in [1.29, 1.82) is 0 Å². The summed E-state index contributed by atoms with van der Waals surface area (Å²) < 4.78 is 5.39. The van der Waals surface area contributed by atoms with Gasteiger partial charge in [-0.3, -0.25) is 0 Å². The average Bonchev–Trinajstić information content (AvgIpc) is 2.77. The molecule has 2 aromatic rings. The van der Waals surface area contributed by atoms with Gasteiger partial charge in [0, 0.05) is 29.0 Å². The monoisotopic (exact) mass is 311 g/mol. The number of rotatable bonds is 5. The Morgan fingerprint density at radius 2 is 2.06 bits per heavy atom. The summed E-state index contributed by atoms with van der Waals surface area (Å²) >= 11 is 4.85. The molecule has 2 rings (SSSR count). The molecule has 0 bridgehead atoms. The summed E-state index contributed by atoms with van der Waals surface area (Å²) in [5, 5.41) is 4.19. The van der Waals surface area contributed by atoms with E-state index in [0.717, 1.165) is 34.8 Å². The molecule has 1 N–H and O–H groups in total. The lowest BCUT2D eigenvalue weighted by molar-refractivity contribution is 0.861. The van der Waals surface area contributed by atoms with Crippen LogP contribution in [0.2, 0.25) is 0 Å². The third-order valence-electron chi connectivity index (χ3n) is 2.30. The lowest BCUT2D eigenvalue weighted by atomic mass is 10.2. The molecule has 1 aromatic heterocycles. The van der Waals surface area contributed by atoms with E-state index in [-0.39, 0.29) is 0 Å². The van der Waals surface area contributed by atoms with Crippen molar-refractivity contribution in [1.82, 2.24) is 9.36 Å². The summed E-state index contributed by atoms with van der Waals surface area (Å²) in [5.41, 5.74) is 1.24. The smallest absolute Gasteiger partial charge is 0.202 e. The summed E-state index contributed by atoms with van der Waals surface area (Å²) in [7, 11) is 0. The third-order valence-corrected chi connectivity index (χ3v) is 3.54. The zero-order valence-corrected chi connectivity index (χ0v) is 12.0. The van der Waals surface area contributed by atoms with E-state index in [0.29, 0.717) is 0 Å². The predicted octanol–water partition coefficient (Wildman–Crippen LogP) is 3.87. The summed E-state index contributed by atoms with van der Waals surface area (Å²) in [5.74, 6) is 0.941. The van der Waals surface area contributed by atoms with Crippen LogP contribution in [0.25, 0.3) is 0 Å². The second-order valence-corrected chi connectivity index (χ2v) is 5.41. The largest absolute Gasteiger partial charge is 0.356 e. The third kappa shape index (κ3) is 3.78. The van der Waals surface area contributed by atoms with Gasteiger partial charge in [0.15, 0.2) is 0 Å². The molecule has 0 saturated heterocycles. The maximum absolute atomic E-state index is 4.42. The minimum Gasteiger partial charge on any atom is -0.356 e. The van der Waals surface area contributed by atoms with Crippen LogP contribution in [-0.4, -0.2) is 9.36 Å². The minimum atomic E-state index is 0.786. The number of hydrogen-bond donors (Lipinski definition) is 1. The van der Waals surface area contributed by atoms with E-state index in [1.165, 1.54) is 17.1 Å². The normalized spacial score (nSPS) is 10.5. The number of anilines is 1. The Morgan fingerprint density at radius 3 is 2.76 bits per heavy atom. The molecular formula is C12H14BrN3S. The highest BCUT2D eigenvalue weighted by atomic mass is 79.9. The molecule has 0 atom stereocenters. The van der Waals surface area contributed by atoms with Crippen LogP contribution in [0.5, 0.6) is 0 Å². The molecule has 0 amide bonds. The lowest BCUT2D eigenvalue weighted by Gasteiger charge is -2.02. The van der Waals surface area contributed by atoms with Crippen molar-refractivity contribution in [2.75, 3.05) is 5.32 Å². The van der Waals surface area contributed by atoms with Crippen LogP contribution in [0.3, 0.4) is 0 Å². The highest BCUT2D eigenvalue weighted by Gasteiger charge is 2.02. The van der Waals surface area contributed by atoms with Gasteiger partial charge in [0.2, 0.25) is 5.13 Å². The molecule has 0 fully saturated rings. The lowest BCUT2D eigenvalue weighted by Crippen LogP contribution is -1.98. The first-order valence-electron chi connectivity index (χ1n) is 5.59. The van der Waals surface area contributed by atoms with E-state index in [9.17, 15) is 0 Å². The molecular weight excluding hydrogens is 298 g/mol. The molecule has 0 radical (unpaired) electrons. The molecule has 0 aliphatic heterocycles. The van der Waals surface area contributed by atoms with Crippen molar-refractivity contribution in [3.8, 4) is 0 Å². The van der Waals surface area contributed by atoms with Crippen molar-refractivity contribution in [2.45, 2.75) is 26.3 Å². The molecule has 0 aliphatic carbocycles. The Bertz CT molecular complexity index is 467. The highest BCUT2D eigenvalue weighted by molar-refractivity contribution is 9.10. The maximum atomic E-state index is 4.42. The summed E-state index contributed by atoms with van der Waals surface area (Å²) in [4.78, 5) is 4.42. The molecule has 0 saturated carbocycles. The summed E-state index contributed by atoms with van der Waals surface area (Å²) in [6.45, 7) is 2.92. The first-order valence-corrected chi connectivity index (χ1v) is 7.15. The van der Waals surface area contributed by atoms with Gasteiger partial charge >= 0.3 is 0 Å². The second kappa shape index (κ2) is 6.12. The van der Waals surface area contributed by atoms with Gasteiger partial charge in [-0.1, -0.05) is 35.0 Å². The molecule has 90 valence electrons. The topological polar surface area (TPSA) is 37.8 Å². The van der Waals surface area contributed by atoms with E-state index < -0.39 is 0 Å². The van der Waals surface area contributed by atoms with Gasteiger partial charge in [-0.25, -0.2) is 4.98 Å². The van der Waals surface area contributed by atoms with Gasteiger partial charge in [-0.2, -0.15) is 4.37 Å². The van der Waals surface area contributed by atoms with Crippen molar-refractivity contribution in [2.24, 2.45) is 0 Å². The Morgan fingerprint density at radius 1 is 1.29 bits per heavy atom.